The first-order valence-corrected chi connectivity index (χ1v) is 7.26. The number of ether oxygens (including phenoxy) is 1. The second-order valence-corrected chi connectivity index (χ2v) is 5.81. The molecule has 1 aromatic carbocycles. The van der Waals surface area contributed by atoms with Crippen LogP contribution in [0.4, 0.5) is 0 Å². The summed E-state index contributed by atoms with van der Waals surface area (Å²) >= 11 is 0. The topological polar surface area (TPSA) is 79.9 Å². The van der Waals surface area contributed by atoms with E-state index in [1.165, 1.54) is 6.20 Å². The molecule has 6 heteroatoms. The average Bonchev–Trinajstić information content (AvgIpc) is 3.02. The summed E-state index contributed by atoms with van der Waals surface area (Å²) in [6.07, 6.45) is 3.18. The molecular weight excluding hydrogens is 292 g/mol. The van der Waals surface area contributed by atoms with E-state index in [-0.39, 0.29) is 5.91 Å². The lowest BCUT2D eigenvalue weighted by Gasteiger charge is -2.28. The first kappa shape index (κ1) is 15.0. The number of H-pyrrole nitrogens is 1. The maximum atomic E-state index is 12.6. The van der Waals surface area contributed by atoms with Gasteiger partial charge in [0.05, 0.1) is 24.4 Å². The van der Waals surface area contributed by atoms with E-state index in [1.807, 2.05) is 38.1 Å². The van der Waals surface area contributed by atoms with Crippen molar-refractivity contribution >= 4 is 16.9 Å². The number of pyridine rings is 1. The molecule has 2 N–H and O–H groups in total. The predicted molar refractivity (Wildman–Crippen MR) is 87.4 cm³/mol. The van der Waals surface area contributed by atoms with Crippen molar-refractivity contribution in [3.8, 4) is 5.75 Å². The highest BCUT2D eigenvalue weighted by Crippen LogP contribution is 2.29. The van der Waals surface area contributed by atoms with Crippen LogP contribution in [-0.2, 0) is 5.54 Å². The Hall–Kier alpha value is -2.89. The number of rotatable bonds is 4. The Morgan fingerprint density at radius 1 is 1.26 bits per heavy atom. The van der Waals surface area contributed by atoms with Gasteiger partial charge < -0.3 is 10.1 Å². The Balaban J connectivity index is 1.88. The molecule has 0 aliphatic heterocycles. The Morgan fingerprint density at radius 3 is 2.83 bits per heavy atom. The number of amides is 1. The standard InChI is InChI=1S/C17H18N4O2/c1-17(2,13-6-4-5-7-14(13)23-3)20-16(22)12-8-11-10-19-21-15(11)18-9-12/h4-10H,1-3H3,(H,20,22)(H,18,19,21). The van der Waals surface area contributed by atoms with Gasteiger partial charge in [0.25, 0.3) is 5.91 Å². The molecule has 2 heterocycles. The highest BCUT2D eigenvalue weighted by Gasteiger charge is 2.26. The molecule has 0 aliphatic carbocycles. The maximum absolute atomic E-state index is 12.6. The quantitative estimate of drug-likeness (QED) is 0.776. The third-order valence-corrected chi connectivity index (χ3v) is 3.76. The normalized spacial score (nSPS) is 11.4. The third-order valence-electron chi connectivity index (χ3n) is 3.76. The summed E-state index contributed by atoms with van der Waals surface area (Å²) in [6, 6.07) is 9.40. The molecule has 0 aliphatic rings. The van der Waals surface area contributed by atoms with Gasteiger partial charge in [-0.2, -0.15) is 5.10 Å². The Bertz CT molecular complexity index is 854. The summed E-state index contributed by atoms with van der Waals surface area (Å²) < 4.78 is 5.39. The molecule has 0 saturated carbocycles. The van der Waals surface area contributed by atoms with Gasteiger partial charge in [0.15, 0.2) is 5.65 Å². The number of fused-ring (bicyclic) bond motifs is 1. The largest absolute Gasteiger partial charge is 0.496 e. The molecule has 0 spiro atoms. The van der Waals surface area contributed by atoms with Crippen LogP contribution in [0.25, 0.3) is 11.0 Å². The number of aromatic amines is 1. The molecule has 0 radical (unpaired) electrons. The van der Waals surface area contributed by atoms with E-state index in [0.29, 0.717) is 11.2 Å². The van der Waals surface area contributed by atoms with Crippen molar-refractivity contribution in [1.82, 2.24) is 20.5 Å². The van der Waals surface area contributed by atoms with Crippen LogP contribution in [0.3, 0.4) is 0 Å². The molecule has 0 bridgehead atoms. The molecule has 3 aromatic rings. The van der Waals surface area contributed by atoms with Crippen LogP contribution < -0.4 is 10.1 Å². The van der Waals surface area contributed by atoms with E-state index in [4.69, 9.17) is 4.74 Å². The summed E-state index contributed by atoms with van der Waals surface area (Å²) in [5, 5.41) is 10.5. The average molecular weight is 310 g/mol. The zero-order valence-corrected chi connectivity index (χ0v) is 13.3. The lowest BCUT2D eigenvalue weighted by Crippen LogP contribution is -2.41. The SMILES string of the molecule is COc1ccccc1C(C)(C)NC(=O)c1cnc2[nH]ncc2c1. The number of benzene rings is 1. The number of nitrogens with one attached hydrogen (secondary N) is 2. The monoisotopic (exact) mass is 310 g/mol. The van der Waals surface area contributed by atoms with E-state index < -0.39 is 5.54 Å². The van der Waals surface area contributed by atoms with Crippen LogP contribution in [0.2, 0.25) is 0 Å². The lowest BCUT2D eigenvalue weighted by atomic mass is 9.93. The van der Waals surface area contributed by atoms with Crippen molar-refractivity contribution < 1.29 is 9.53 Å². The van der Waals surface area contributed by atoms with Crippen molar-refractivity contribution in [2.24, 2.45) is 0 Å². The number of hydrogen-bond donors (Lipinski definition) is 2. The van der Waals surface area contributed by atoms with Crippen LogP contribution in [0.5, 0.6) is 5.75 Å². The first-order chi connectivity index (χ1) is 11.0. The molecular formula is C17H18N4O2. The van der Waals surface area contributed by atoms with Crippen molar-refractivity contribution in [1.29, 1.82) is 0 Å². The molecule has 3 rings (SSSR count). The van der Waals surface area contributed by atoms with E-state index in [1.54, 1.807) is 19.4 Å². The highest BCUT2D eigenvalue weighted by molar-refractivity contribution is 5.97. The number of carbonyl (C=O) groups excluding carboxylic acids is 1. The van der Waals surface area contributed by atoms with Crippen LogP contribution in [0.1, 0.15) is 29.8 Å². The second-order valence-electron chi connectivity index (χ2n) is 5.81. The van der Waals surface area contributed by atoms with Crippen LogP contribution in [0.15, 0.2) is 42.7 Å². The Labute approximate surface area is 133 Å². The van der Waals surface area contributed by atoms with E-state index in [0.717, 1.165) is 16.7 Å². The summed E-state index contributed by atoms with van der Waals surface area (Å²) in [4.78, 5) is 16.8. The Kier molecular flexibility index (Phi) is 3.73. The van der Waals surface area contributed by atoms with E-state index >= 15 is 0 Å². The maximum Gasteiger partial charge on any atom is 0.253 e. The molecule has 118 valence electrons. The summed E-state index contributed by atoms with van der Waals surface area (Å²) in [6.45, 7) is 3.87. The first-order valence-electron chi connectivity index (χ1n) is 7.26. The van der Waals surface area contributed by atoms with Gasteiger partial charge in [-0.25, -0.2) is 4.98 Å². The Morgan fingerprint density at radius 2 is 2.04 bits per heavy atom. The van der Waals surface area contributed by atoms with Crippen molar-refractivity contribution in [3.05, 3.63) is 53.9 Å². The molecule has 0 fully saturated rings. The number of methoxy groups -OCH3 is 1. The number of aromatic nitrogens is 3. The van der Waals surface area contributed by atoms with Gasteiger partial charge in [-0.1, -0.05) is 18.2 Å². The number of carbonyl (C=O) groups is 1. The molecule has 6 nitrogen and oxygen atoms in total. The van der Waals surface area contributed by atoms with Crippen molar-refractivity contribution in [2.45, 2.75) is 19.4 Å². The molecule has 0 unspecified atom stereocenters. The lowest BCUT2D eigenvalue weighted by molar-refractivity contribution is 0.0911. The van der Waals surface area contributed by atoms with Gasteiger partial charge in [-0.3, -0.25) is 9.89 Å². The van der Waals surface area contributed by atoms with E-state index in [9.17, 15) is 4.79 Å². The van der Waals surface area contributed by atoms with Crippen LogP contribution in [-0.4, -0.2) is 28.2 Å². The summed E-state index contributed by atoms with van der Waals surface area (Å²) in [7, 11) is 1.62. The molecule has 2 aromatic heterocycles. The minimum absolute atomic E-state index is 0.198. The smallest absolute Gasteiger partial charge is 0.253 e. The van der Waals surface area contributed by atoms with Crippen LogP contribution in [0, 0.1) is 0 Å². The number of hydrogen-bond acceptors (Lipinski definition) is 4. The summed E-state index contributed by atoms with van der Waals surface area (Å²) in [5.41, 5.74) is 1.47. The molecule has 23 heavy (non-hydrogen) atoms. The van der Waals surface area contributed by atoms with Crippen molar-refractivity contribution in [3.63, 3.8) is 0 Å². The second kappa shape index (κ2) is 5.72. The van der Waals surface area contributed by atoms with Crippen LogP contribution >= 0.6 is 0 Å². The van der Waals surface area contributed by atoms with E-state index in [2.05, 4.69) is 20.5 Å². The fraction of sp³-hybridized carbons (Fsp3) is 0.235. The van der Waals surface area contributed by atoms with Gasteiger partial charge in [-0.05, 0) is 26.0 Å². The fourth-order valence-corrected chi connectivity index (χ4v) is 2.55. The molecule has 1 amide bonds. The minimum Gasteiger partial charge on any atom is -0.496 e. The van der Waals surface area contributed by atoms with Crippen molar-refractivity contribution in [2.75, 3.05) is 7.11 Å². The highest BCUT2D eigenvalue weighted by atomic mass is 16.5. The fourth-order valence-electron chi connectivity index (χ4n) is 2.55. The number of nitrogens with zero attached hydrogens (tertiary/aromatic N) is 2. The van der Waals surface area contributed by atoms with Gasteiger partial charge in [0.2, 0.25) is 0 Å². The summed E-state index contributed by atoms with van der Waals surface area (Å²) in [5.74, 6) is 0.540. The van der Waals surface area contributed by atoms with Gasteiger partial charge >= 0.3 is 0 Å². The zero-order chi connectivity index (χ0) is 16.4. The molecule has 0 saturated heterocycles. The predicted octanol–water partition coefficient (Wildman–Crippen LogP) is 2.63. The van der Waals surface area contributed by atoms with Gasteiger partial charge in [-0.15, -0.1) is 0 Å². The van der Waals surface area contributed by atoms with Gasteiger partial charge in [0, 0.05) is 17.1 Å². The third kappa shape index (κ3) is 2.88. The molecule has 0 atom stereocenters. The minimum atomic E-state index is -0.588. The number of para-hydroxylation sites is 1. The zero-order valence-electron chi connectivity index (χ0n) is 13.3. The van der Waals surface area contributed by atoms with Gasteiger partial charge in [0.1, 0.15) is 5.75 Å².